The molecule has 1 aliphatic rings. The number of hydrogen-bond acceptors (Lipinski definition) is 3. The van der Waals surface area contributed by atoms with Crippen LogP contribution >= 0.6 is 34.8 Å². The molecule has 7 heteroatoms. The fraction of sp³-hybridized carbons (Fsp3) is 0.375. The minimum atomic E-state index is 0.457. The molecular weight excluding hydrogens is 453 g/mol. The molecule has 4 nitrogen and oxygen atoms in total. The van der Waals surface area contributed by atoms with Crippen molar-refractivity contribution in [3.63, 3.8) is 0 Å². The highest BCUT2D eigenvalue weighted by molar-refractivity contribution is 6.35. The Kier molecular flexibility index (Phi) is 7.57. The Morgan fingerprint density at radius 3 is 2.35 bits per heavy atom. The van der Waals surface area contributed by atoms with Crippen molar-refractivity contribution in [1.29, 1.82) is 0 Å². The van der Waals surface area contributed by atoms with Crippen LogP contribution in [0.4, 0.5) is 0 Å². The Morgan fingerprint density at radius 1 is 0.935 bits per heavy atom. The highest BCUT2D eigenvalue weighted by Crippen LogP contribution is 2.33. The summed E-state index contributed by atoms with van der Waals surface area (Å²) in [5, 5.41) is 6.70. The van der Waals surface area contributed by atoms with Crippen LogP contribution in [-0.4, -0.2) is 40.9 Å². The van der Waals surface area contributed by atoms with E-state index < -0.39 is 0 Å². The number of likely N-dealkylation sites (tertiary alicyclic amines) is 1. The number of halogens is 3. The van der Waals surface area contributed by atoms with Crippen LogP contribution in [-0.2, 0) is 11.3 Å². The first-order chi connectivity index (χ1) is 15.0. The van der Waals surface area contributed by atoms with E-state index in [1.54, 1.807) is 6.07 Å². The van der Waals surface area contributed by atoms with Crippen LogP contribution < -0.4 is 0 Å². The molecule has 31 heavy (non-hydrogen) atoms. The summed E-state index contributed by atoms with van der Waals surface area (Å²) < 4.78 is 7.89. The largest absolute Gasteiger partial charge is 0.374 e. The fourth-order valence-electron chi connectivity index (χ4n) is 4.00. The summed E-state index contributed by atoms with van der Waals surface area (Å²) in [6, 6.07) is 13.2. The summed E-state index contributed by atoms with van der Waals surface area (Å²) in [6.45, 7) is 6.54. The van der Waals surface area contributed by atoms with Gasteiger partial charge in [0.05, 0.1) is 35.3 Å². The molecule has 0 bridgehead atoms. The van der Waals surface area contributed by atoms with Crippen LogP contribution in [0.3, 0.4) is 0 Å². The molecule has 0 amide bonds. The summed E-state index contributed by atoms with van der Waals surface area (Å²) in [5.41, 5.74) is 4.72. The van der Waals surface area contributed by atoms with E-state index in [0.29, 0.717) is 28.3 Å². The second-order valence-electron chi connectivity index (χ2n) is 7.89. The zero-order chi connectivity index (χ0) is 21.8. The van der Waals surface area contributed by atoms with Gasteiger partial charge < -0.3 is 9.64 Å². The van der Waals surface area contributed by atoms with E-state index in [1.807, 2.05) is 41.1 Å². The maximum Gasteiger partial charge on any atom is 0.0921 e. The van der Waals surface area contributed by atoms with Gasteiger partial charge in [-0.15, -0.1) is 0 Å². The molecule has 0 N–H and O–H groups in total. The molecule has 3 aromatic rings. The van der Waals surface area contributed by atoms with E-state index in [-0.39, 0.29) is 0 Å². The van der Waals surface area contributed by atoms with E-state index >= 15 is 0 Å². The van der Waals surface area contributed by atoms with Gasteiger partial charge >= 0.3 is 0 Å². The van der Waals surface area contributed by atoms with Crippen molar-refractivity contribution in [1.82, 2.24) is 14.7 Å². The maximum atomic E-state index is 6.52. The van der Waals surface area contributed by atoms with E-state index in [1.165, 1.54) is 32.4 Å². The molecule has 0 atom stereocenters. The van der Waals surface area contributed by atoms with Gasteiger partial charge in [0.2, 0.25) is 0 Å². The van der Waals surface area contributed by atoms with Gasteiger partial charge in [-0.3, -0.25) is 0 Å². The summed E-state index contributed by atoms with van der Waals surface area (Å²) in [6.07, 6.45) is 3.92. The van der Waals surface area contributed by atoms with Crippen molar-refractivity contribution in [3.8, 4) is 16.9 Å². The van der Waals surface area contributed by atoms with Gasteiger partial charge in [-0.25, -0.2) is 4.68 Å². The Labute approximate surface area is 198 Å². The predicted octanol–water partition coefficient (Wildman–Crippen LogP) is 6.81. The molecule has 0 unspecified atom stereocenters. The Bertz CT molecular complexity index is 1030. The Morgan fingerprint density at radius 2 is 1.65 bits per heavy atom. The number of hydrogen-bond donors (Lipinski definition) is 0. The number of rotatable bonds is 7. The van der Waals surface area contributed by atoms with Crippen LogP contribution in [0.15, 0.2) is 42.5 Å². The van der Waals surface area contributed by atoms with Crippen molar-refractivity contribution >= 4 is 34.8 Å². The van der Waals surface area contributed by atoms with E-state index in [2.05, 4.69) is 11.8 Å². The number of benzene rings is 2. The van der Waals surface area contributed by atoms with Gasteiger partial charge in [0.1, 0.15) is 0 Å². The first kappa shape index (κ1) is 22.6. The predicted molar refractivity (Wildman–Crippen MR) is 129 cm³/mol. The zero-order valence-electron chi connectivity index (χ0n) is 17.6. The van der Waals surface area contributed by atoms with Crippen molar-refractivity contribution in [2.75, 3.05) is 26.2 Å². The van der Waals surface area contributed by atoms with Crippen molar-refractivity contribution in [2.24, 2.45) is 0 Å². The summed E-state index contributed by atoms with van der Waals surface area (Å²) in [7, 11) is 0. The minimum Gasteiger partial charge on any atom is -0.374 e. The number of aromatic nitrogens is 2. The van der Waals surface area contributed by atoms with Gasteiger partial charge in [-0.05, 0) is 63.2 Å². The second-order valence-corrected chi connectivity index (χ2v) is 9.17. The molecule has 2 aromatic carbocycles. The lowest BCUT2D eigenvalue weighted by Crippen LogP contribution is -2.32. The lowest BCUT2D eigenvalue weighted by Gasteiger charge is -2.26. The molecule has 4 rings (SSSR count). The quantitative estimate of drug-likeness (QED) is 0.349. The molecule has 2 heterocycles. The van der Waals surface area contributed by atoms with E-state index in [0.717, 1.165) is 34.7 Å². The Hall–Kier alpha value is -1.56. The van der Waals surface area contributed by atoms with Gasteiger partial charge in [0.25, 0.3) is 0 Å². The number of ether oxygens (including phenoxy) is 1. The lowest BCUT2D eigenvalue weighted by atomic mass is 10.1. The third-order valence-electron chi connectivity index (χ3n) is 5.72. The monoisotopic (exact) mass is 477 g/mol. The normalized spacial score (nSPS) is 14.8. The van der Waals surface area contributed by atoms with Gasteiger partial charge in [-0.2, -0.15) is 5.10 Å². The first-order valence-corrected chi connectivity index (χ1v) is 11.8. The van der Waals surface area contributed by atoms with E-state index in [4.69, 9.17) is 44.6 Å². The number of piperidine rings is 1. The summed E-state index contributed by atoms with van der Waals surface area (Å²) in [5.74, 6) is 0. The van der Waals surface area contributed by atoms with Gasteiger partial charge in [0, 0.05) is 27.7 Å². The first-order valence-electron chi connectivity index (χ1n) is 10.6. The van der Waals surface area contributed by atoms with Crippen LogP contribution in [0, 0.1) is 6.92 Å². The van der Waals surface area contributed by atoms with Gasteiger partial charge in [-0.1, -0.05) is 53.4 Å². The standard InChI is InChI=1S/C24H26Cl3N3O/c1-17-22(16-31-14-13-29-11-3-2-4-12-29)28-30(23-10-9-20(26)15-21(23)27)24(17)18-5-7-19(25)8-6-18/h5-10,15H,2-4,11-14,16H2,1H3. The molecular formula is C24H26Cl3N3O. The van der Waals surface area contributed by atoms with Crippen molar-refractivity contribution in [2.45, 2.75) is 32.8 Å². The van der Waals surface area contributed by atoms with Crippen molar-refractivity contribution in [3.05, 3.63) is 68.8 Å². The van der Waals surface area contributed by atoms with Crippen LogP contribution in [0.1, 0.15) is 30.5 Å². The maximum absolute atomic E-state index is 6.52. The molecule has 164 valence electrons. The summed E-state index contributed by atoms with van der Waals surface area (Å²) in [4.78, 5) is 2.47. The molecule has 0 radical (unpaired) electrons. The molecule has 0 saturated carbocycles. The zero-order valence-corrected chi connectivity index (χ0v) is 19.8. The third kappa shape index (κ3) is 5.44. The SMILES string of the molecule is Cc1c(COCCN2CCCCC2)nn(-c2ccc(Cl)cc2Cl)c1-c1ccc(Cl)cc1. The van der Waals surface area contributed by atoms with Crippen LogP contribution in [0.5, 0.6) is 0 Å². The lowest BCUT2D eigenvalue weighted by molar-refractivity contribution is 0.0841. The summed E-state index contributed by atoms with van der Waals surface area (Å²) >= 11 is 18.7. The minimum absolute atomic E-state index is 0.457. The molecule has 1 aromatic heterocycles. The molecule has 1 saturated heterocycles. The van der Waals surface area contributed by atoms with Gasteiger partial charge in [0.15, 0.2) is 0 Å². The van der Waals surface area contributed by atoms with Crippen LogP contribution in [0.25, 0.3) is 16.9 Å². The Balaban J connectivity index is 1.59. The molecule has 0 spiro atoms. The average molecular weight is 479 g/mol. The molecule has 1 fully saturated rings. The number of nitrogens with zero attached hydrogens (tertiary/aromatic N) is 3. The molecule has 1 aliphatic heterocycles. The average Bonchev–Trinajstić information content (AvgIpc) is 3.08. The highest BCUT2D eigenvalue weighted by atomic mass is 35.5. The van der Waals surface area contributed by atoms with Crippen LogP contribution in [0.2, 0.25) is 15.1 Å². The van der Waals surface area contributed by atoms with E-state index in [9.17, 15) is 0 Å². The van der Waals surface area contributed by atoms with Crippen molar-refractivity contribution < 1.29 is 4.74 Å². The fourth-order valence-corrected chi connectivity index (χ4v) is 4.61. The smallest absolute Gasteiger partial charge is 0.0921 e. The molecule has 0 aliphatic carbocycles. The third-order valence-corrected chi connectivity index (χ3v) is 6.51. The highest BCUT2D eigenvalue weighted by Gasteiger charge is 2.19. The topological polar surface area (TPSA) is 30.3 Å². The second kappa shape index (κ2) is 10.4.